The second-order valence-corrected chi connectivity index (χ2v) is 5.88. The van der Waals surface area contributed by atoms with Gasteiger partial charge in [-0.15, -0.1) is 0 Å². The zero-order chi connectivity index (χ0) is 13.7. The van der Waals surface area contributed by atoms with E-state index in [0.29, 0.717) is 12.8 Å². The third-order valence-electron chi connectivity index (χ3n) is 2.12. The molecule has 0 spiro atoms. The first-order valence-electron chi connectivity index (χ1n) is 5.19. The Bertz CT molecular complexity index is 351. The van der Waals surface area contributed by atoms with Crippen LogP contribution in [-0.2, 0) is 14.8 Å². The fourth-order valence-electron chi connectivity index (χ4n) is 1.13. The van der Waals surface area contributed by atoms with Crippen molar-refractivity contribution in [3.8, 4) is 0 Å². The number of nitrogens with one attached hydrogen (secondary N) is 1. The second kappa shape index (κ2) is 6.23. The van der Waals surface area contributed by atoms with Crippen molar-refractivity contribution in [2.24, 2.45) is 0 Å². The summed E-state index contributed by atoms with van der Waals surface area (Å²) in [4.78, 5) is 11.0. The Hall–Kier alpha value is -0.790. The van der Waals surface area contributed by atoms with E-state index in [4.69, 9.17) is 0 Å². The number of sulfonamides is 1. The van der Waals surface area contributed by atoms with Gasteiger partial charge in [0, 0.05) is 6.42 Å². The van der Waals surface area contributed by atoms with E-state index >= 15 is 0 Å². The number of amides is 1. The Morgan fingerprint density at radius 1 is 1.35 bits per heavy atom. The number of carbonyl (C=O) groups is 1. The van der Waals surface area contributed by atoms with E-state index in [1.54, 1.807) is 11.6 Å². The quantitative estimate of drug-likeness (QED) is 0.806. The van der Waals surface area contributed by atoms with Crippen molar-refractivity contribution in [2.45, 2.75) is 51.0 Å². The minimum Gasteiger partial charge on any atom is -0.274 e. The van der Waals surface area contributed by atoms with Gasteiger partial charge >= 0.3 is 6.18 Å². The zero-order valence-corrected chi connectivity index (χ0v) is 10.5. The predicted molar refractivity (Wildman–Crippen MR) is 56.7 cm³/mol. The molecule has 0 aliphatic heterocycles. The smallest absolute Gasteiger partial charge is 0.274 e. The molecule has 4 nitrogen and oxygen atoms in total. The highest BCUT2D eigenvalue weighted by Crippen LogP contribution is 2.21. The van der Waals surface area contributed by atoms with E-state index in [0.717, 1.165) is 0 Å². The average molecular weight is 275 g/mol. The van der Waals surface area contributed by atoms with E-state index in [1.165, 1.54) is 6.92 Å². The van der Waals surface area contributed by atoms with Crippen molar-refractivity contribution in [3.63, 3.8) is 0 Å². The molecule has 0 aliphatic rings. The molecule has 17 heavy (non-hydrogen) atoms. The predicted octanol–water partition coefficient (Wildman–Crippen LogP) is 1.96. The average Bonchev–Trinajstić information content (AvgIpc) is 2.13. The molecule has 0 bridgehead atoms. The third kappa shape index (κ3) is 7.19. The van der Waals surface area contributed by atoms with Gasteiger partial charge in [0.15, 0.2) is 0 Å². The molecule has 1 N–H and O–H groups in total. The summed E-state index contributed by atoms with van der Waals surface area (Å²) in [7, 11) is -3.86. The van der Waals surface area contributed by atoms with Gasteiger partial charge in [-0.1, -0.05) is 13.3 Å². The van der Waals surface area contributed by atoms with Crippen LogP contribution < -0.4 is 4.72 Å². The van der Waals surface area contributed by atoms with Gasteiger partial charge in [0.2, 0.25) is 15.9 Å². The first-order valence-corrected chi connectivity index (χ1v) is 6.74. The molecule has 0 rings (SSSR count). The van der Waals surface area contributed by atoms with Crippen LogP contribution in [0.1, 0.15) is 39.5 Å². The lowest BCUT2D eigenvalue weighted by Crippen LogP contribution is -2.37. The topological polar surface area (TPSA) is 63.2 Å². The van der Waals surface area contributed by atoms with Crippen molar-refractivity contribution in [1.29, 1.82) is 0 Å². The van der Waals surface area contributed by atoms with Crippen LogP contribution >= 0.6 is 0 Å². The second-order valence-electron chi connectivity index (χ2n) is 3.78. The minimum atomic E-state index is -4.46. The molecule has 0 saturated carbocycles. The van der Waals surface area contributed by atoms with Crippen LogP contribution in [0.2, 0.25) is 0 Å². The van der Waals surface area contributed by atoms with Gasteiger partial charge in [0.25, 0.3) is 0 Å². The highest BCUT2D eigenvalue weighted by Gasteiger charge is 2.29. The summed E-state index contributed by atoms with van der Waals surface area (Å²) in [5, 5.41) is -0.790. The van der Waals surface area contributed by atoms with Gasteiger partial charge in [-0.2, -0.15) is 13.2 Å². The number of carbonyl (C=O) groups excluding carboxylic acids is 1. The Morgan fingerprint density at radius 3 is 2.29 bits per heavy atom. The standard InChI is InChI=1S/C9H16F3NO3S/c1-3-4-7(2)17(15,16)13-8(14)5-6-9(10,11)12/h7H,3-6H2,1-2H3,(H,13,14)/t7-/m1/s1. The molecule has 0 unspecified atom stereocenters. The van der Waals surface area contributed by atoms with E-state index in [9.17, 15) is 26.4 Å². The molecule has 0 aliphatic carbocycles. The lowest BCUT2D eigenvalue weighted by Gasteiger charge is -2.13. The summed E-state index contributed by atoms with van der Waals surface area (Å²) in [5.74, 6) is -1.12. The number of alkyl halides is 3. The highest BCUT2D eigenvalue weighted by atomic mass is 32.2. The van der Waals surface area contributed by atoms with Crippen LogP contribution in [0, 0.1) is 0 Å². The van der Waals surface area contributed by atoms with E-state index in [1.807, 2.05) is 0 Å². The zero-order valence-electron chi connectivity index (χ0n) is 9.67. The molecule has 8 heteroatoms. The first-order chi connectivity index (χ1) is 7.58. The van der Waals surface area contributed by atoms with Gasteiger partial charge in [0.05, 0.1) is 11.7 Å². The molecule has 1 amide bonds. The summed E-state index contributed by atoms with van der Waals surface area (Å²) in [5.41, 5.74) is 0. The number of rotatable bonds is 6. The maximum atomic E-state index is 11.8. The van der Waals surface area contributed by atoms with Gasteiger partial charge in [-0.3, -0.25) is 9.52 Å². The van der Waals surface area contributed by atoms with Gasteiger partial charge in [-0.05, 0) is 13.3 Å². The Labute approximate surface area is 98.6 Å². The third-order valence-corrected chi connectivity index (χ3v) is 3.92. The van der Waals surface area contributed by atoms with Crippen LogP contribution in [0.15, 0.2) is 0 Å². The molecule has 0 saturated heterocycles. The SMILES string of the molecule is CCC[C@@H](C)S(=O)(=O)NC(=O)CCC(F)(F)F. The molecule has 0 heterocycles. The summed E-state index contributed by atoms with van der Waals surface area (Å²) in [6.45, 7) is 3.18. The highest BCUT2D eigenvalue weighted by molar-refractivity contribution is 7.90. The molecule has 0 aromatic rings. The van der Waals surface area contributed by atoms with Crippen LogP contribution in [-0.4, -0.2) is 25.8 Å². The van der Waals surface area contributed by atoms with Crippen molar-refractivity contribution >= 4 is 15.9 Å². The van der Waals surface area contributed by atoms with Gasteiger partial charge in [-0.25, -0.2) is 8.42 Å². The van der Waals surface area contributed by atoms with Crippen LogP contribution in [0.25, 0.3) is 0 Å². The minimum absolute atomic E-state index is 0.349. The number of halogens is 3. The lowest BCUT2D eigenvalue weighted by molar-refractivity contribution is -0.143. The van der Waals surface area contributed by atoms with Crippen LogP contribution in [0.4, 0.5) is 13.2 Å². The first kappa shape index (κ1) is 16.2. The normalized spacial score (nSPS) is 14.4. The lowest BCUT2D eigenvalue weighted by atomic mass is 10.3. The van der Waals surface area contributed by atoms with E-state index in [2.05, 4.69) is 0 Å². The Kier molecular flexibility index (Phi) is 5.94. The van der Waals surface area contributed by atoms with Gasteiger partial charge in [0.1, 0.15) is 0 Å². The molecule has 1 atom stereocenters. The van der Waals surface area contributed by atoms with Crippen molar-refractivity contribution in [1.82, 2.24) is 4.72 Å². The van der Waals surface area contributed by atoms with Crippen molar-refractivity contribution < 1.29 is 26.4 Å². The Balaban J connectivity index is 4.29. The summed E-state index contributed by atoms with van der Waals surface area (Å²) in [6.07, 6.45) is -5.70. The van der Waals surface area contributed by atoms with Crippen molar-refractivity contribution in [3.05, 3.63) is 0 Å². The molecule has 0 aromatic heterocycles. The molecule has 0 radical (unpaired) electrons. The van der Waals surface area contributed by atoms with Crippen LogP contribution in [0.3, 0.4) is 0 Å². The molecule has 0 aromatic carbocycles. The van der Waals surface area contributed by atoms with E-state index in [-0.39, 0.29) is 0 Å². The molecular weight excluding hydrogens is 259 g/mol. The molecule has 0 fully saturated rings. The number of hydrogen-bond acceptors (Lipinski definition) is 3. The molecule has 102 valence electrons. The maximum Gasteiger partial charge on any atom is 0.389 e. The Morgan fingerprint density at radius 2 is 1.88 bits per heavy atom. The summed E-state index contributed by atoms with van der Waals surface area (Å²) in [6, 6.07) is 0. The number of hydrogen-bond donors (Lipinski definition) is 1. The maximum absolute atomic E-state index is 11.8. The van der Waals surface area contributed by atoms with E-state index < -0.39 is 40.2 Å². The fourth-order valence-corrected chi connectivity index (χ4v) is 2.29. The summed E-state index contributed by atoms with van der Waals surface area (Å²) < 4.78 is 59.9. The fraction of sp³-hybridized carbons (Fsp3) is 0.889. The largest absolute Gasteiger partial charge is 0.389 e. The summed E-state index contributed by atoms with van der Waals surface area (Å²) >= 11 is 0. The molecular formula is C9H16F3NO3S. The van der Waals surface area contributed by atoms with Gasteiger partial charge < -0.3 is 0 Å². The van der Waals surface area contributed by atoms with Crippen LogP contribution in [0.5, 0.6) is 0 Å². The monoisotopic (exact) mass is 275 g/mol. The van der Waals surface area contributed by atoms with Crippen molar-refractivity contribution in [2.75, 3.05) is 0 Å².